The summed E-state index contributed by atoms with van der Waals surface area (Å²) in [5, 5.41) is 3.30. The van der Waals surface area contributed by atoms with Crippen molar-refractivity contribution in [3.8, 4) is 11.1 Å². The molecule has 4 aromatic rings. The largest absolute Gasteiger partial charge is 0.368 e. The van der Waals surface area contributed by atoms with Gasteiger partial charge in [-0.05, 0) is 47.0 Å². The molecule has 0 spiro atoms. The van der Waals surface area contributed by atoms with E-state index in [1.54, 1.807) is 24.7 Å². The van der Waals surface area contributed by atoms with Crippen LogP contribution in [0.4, 0.5) is 17.5 Å². The SMILES string of the molecule is Nc1nccc(Nc2cc3c(c(-c4ccc5nccnc5c4)c2)CN=C3)n1. The van der Waals surface area contributed by atoms with Gasteiger partial charge in [-0.1, -0.05) is 6.07 Å². The fraction of sp³-hybridized carbons (Fsp3) is 0.0500. The average molecular weight is 353 g/mol. The van der Waals surface area contributed by atoms with E-state index in [0.717, 1.165) is 33.4 Å². The number of nitrogens with two attached hydrogens (primary N) is 1. The van der Waals surface area contributed by atoms with Gasteiger partial charge in [-0.3, -0.25) is 15.0 Å². The molecule has 1 aliphatic heterocycles. The summed E-state index contributed by atoms with van der Waals surface area (Å²) < 4.78 is 0. The highest BCUT2D eigenvalue weighted by Gasteiger charge is 2.16. The molecule has 5 rings (SSSR count). The van der Waals surface area contributed by atoms with E-state index < -0.39 is 0 Å². The Hall–Kier alpha value is -3.87. The summed E-state index contributed by atoms with van der Waals surface area (Å²) in [4.78, 5) is 21.3. The monoisotopic (exact) mass is 353 g/mol. The predicted octanol–water partition coefficient (Wildman–Crippen LogP) is 3.35. The molecule has 2 aromatic carbocycles. The number of rotatable bonds is 3. The van der Waals surface area contributed by atoms with Crippen LogP contribution in [0.2, 0.25) is 0 Å². The lowest BCUT2D eigenvalue weighted by Crippen LogP contribution is -2.00. The van der Waals surface area contributed by atoms with Crippen LogP contribution >= 0.6 is 0 Å². The fourth-order valence-corrected chi connectivity index (χ4v) is 3.27. The molecule has 0 atom stereocenters. The van der Waals surface area contributed by atoms with Crippen LogP contribution in [0, 0.1) is 0 Å². The van der Waals surface area contributed by atoms with Crippen LogP contribution in [-0.4, -0.2) is 26.2 Å². The molecule has 3 heterocycles. The minimum Gasteiger partial charge on any atom is -0.368 e. The van der Waals surface area contributed by atoms with Crippen molar-refractivity contribution in [3.63, 3.8) is 0 Å². The summed E-state index contributed by atoms with van der Waals surface area (Å²) in [6.07, 6.45) is 6.93. The number of benzene rings is 2. The zero-order valence-electron chi connectivity index (χ0n) is 14.3. The molecule has 3 N–H and O–H groups in total. The number of anilines is 3. The highest BCUT2D eigenvalue weighted by atomic mass is 15.1. The lowest BCUT2D eigenvalue weighted by atomic mass is 9.95. The smallest absolute Gasteiger partial charge is 0.221 e. The van der Waals surface area contributed by atoms with Gasteiger partial charge in [0, 0.05) is 36.1 Å². The van der Waals surface area contributed by atoms with Crippen molar-refractivity contribution in [1.82, 2.24) is 19.9 Å². The molecule has 27 heavy (non-hydrogen) atoms. The fourth-order valence-electron chi connectivity index (χ4n) is 3.27. The number of hydrogen-bond donors (Lipinski definition) is 2. The summed E-state index contributed by atoms with van der Waals surface area (Å²) in [6.45, 7) is 0.671. The van der Waals surface area contributed by atoms with Crippen molar-refractivity contribution in [1.29, 1.82) is 0 Å². The molecule has 0 saturated carbocycles. The second-order valence-corrected chi connectivity index (χ2v) is 6.25. The van der Waals surface area contributed by atoms with Crippen molar-refractivity contribution in [2.75, 3.05) is 11.1 Å². The molecule has 7 heteroatoms. The third kappa shape index (κ3) is 2.85. The van der Waals surface area contributed by atoms with E-state index in [4.69, 9.17) is 5.73 Å². The third-order valence-corrected chi connectivity index (χ3v) is 4.49. The van der Waals surface area contributed by atoms with Crippen LogP contribution in [0.3, 0.4) is 0 Å². The first-order valence-corrected chi connectivity index (χ1v) is 8.50. The van der Waals surface area contributed by atoms with Gasteiger partial charge in [0.15, 0.2) is 0 Å². The highest BCUT2D eigenvalue weighted by Crippen LogP contribution is 2.34. The molecule has 0 aliphatic carbocycles. The molecule has 0 amide bonds. The van der Waals surface area contributed by atoms with E-state index in [-0.39, 0.29) is 5.95 Å². The number of nitrogens with zero attached hydrogens (tertiary/aromatic N) is 5. The summed E-state index contributed by atoms with van der Waals surface area (Å²) in [7, 11) is 0. The minimum absolute atomic E-state index is 0.232. The van der Waals surface area contributed by atoms with E-state index in [0.29, 0.717) is 12.4 Å². The maximum absolute atomic E-state index is 5.68. The van der Waals surface area contributed by atoms with Crippen molar-refractivity contribution in [3.05, 3.63) is 66.1 Å². The van der Waals surface area contributed by atoms with E-state index in [2.05, 4.69) is 54.5 Å². The van der Waals surface area contributed by atoms with Crippen LogP contribution in [0.5, 0.6) is 0 Å². The average Bonchev–Trinajstić information content (AvgIpc) is 3.15. The van der Waals surface area contributed by atoms with Gasteiger partial charge in [0.1, 0.15) is 5.82 Å². The second-order valence-electron chi connectivity index (χ2n) is 6.25. The van der Waals surface area contributed by atoms with Crippen molar-refractivity contribution >= 4 is 34.7 Å². The third-order valence-electron chi connectivity index (χ3n) is 4.49. The molecule has 0 fully saturated rings. The molecule has 0 bridgehead atoms. The summed E-state index contributed by atoms with van der Waals surface area (Å²) in [6, 6.07) is 12.1. The lowest BCUT2D eigenvalue weighted by molar-refractivity contribution is 1.11. The first-order valence-electron chi connectivity index (χ1n) is 8.50. The minimum atomic E-state index is 0.232. The number of hydrogen-bond acceptors (Lipinski definition) is 7. The molecular weight excluding hydrogens is 338 g/mol. The standard InChI is InChI=1S/C20H15N7/c21-20-25-4-3-19(27-20)26-14-7-13-10-22-11-16(13)15(9-14)12-1-2-17-18(8-12)24-6-5-23-17/h1-10H,11H2,(H3,21,25,26,27). The number of nitrogen functional groups attached to an aromatic ring is 1. The molecular formula is C20H15N7. The topological polar surface area (TPSA) is 102 Å². The zero-order valence-corrected chi connectivity index (χ0v) is 14.3. The van der Waals surface area contributed by atoms with Crippen LogP contribution in [0.1, 0.15) is 11.1 Å². The number of aromatic nitrogens is 4. The summed E-state index contributed by atoms with van der Waals surface area (Å²) >= 11 is 0. The maximum Gasteiger partial charge on any atom is 0.221 e. The first-order chi connectivity index (χ1) is 13.3. The van der Waals surface area contributed by atoms with Crippen LogP contribution < -0.4 is 11.1 Å². The van der Waals surface area contributed by atoms with Crippen LogP contribution in [-0.2, 0) is 6.54 Å². The van der Waals surface area contributed by atoms with Gasteiger partial charge in [-0.25, -0.2) is 4.98 Å². The van der Waals surface area contributed by atoms with Crippen LogP contribution in [0.15, 0.2) is 60.0 Å². The second kappa shape index (κ2) is 6.14. The Kier molecular flexibility index (Phi) is 3.50. The van der Waals surface area contributed by atoms with Crippen LogP contribution in [0.25, 0.3) is 22.2 Å². The Morgan fingerprint density at radius 2 is 1.78 bits per heavy atom. The Bertz CT molecular complexity index is 1200. The van der Waals surface area contributed by atoms with E-state index in [9.17, 15) is 0 Å². The van der Waals surface area contributed by atoms with Gasteiger partial charge in [0.2, 0.25) is 5.95 Å². The van der Waals surface area contributed by atoms with Gasteiger partial charge in [0.25, 0.3) is 0 Å². The maximum atomic E-state index is 5.68. The Balaban J connectivity index is 1.62. The van der Waals surface area contributed by atoms with Gasteiger partial charge in [-0.15, -0.1) is 0 Å². The zero-order chi connectivity index (χ0) is 18.2. The molecule has 1 aliphatic rings. The van der Waals surface area contributed by atoms with Gasteiger partial charge in [-0.2, -0.15) is 4.98 Å². The molecule has 2 aromatic heterocycles. The van der Waals surface area contributed by atoms with Gasteiger partial charge in [0.05, 0.1) is 17.6 Å². The number of fused-ring (bicyclic) bond motifs is 2. The Morgan fingerprint density at radius 3 is 2.67 bits per heavy atom. The Morgan fingerprint density at radius 1 is 0.889 bits per heavy atom. The van der Waals surface area contributed by atoms with Crippen molar-refractivity contribution in [2.24, 2.45) is 4.99 Å². The van der Waals surface area contributed by atoms with Gasteiger partial charge < -0.3 is 11.1 Å². The van der Waals surface area contributed by atoms with E-state index >= 15 is 0 Å². The molecule has 0 saturated heterocycles. The van der Waals surface area contributed by atoms with Crippen molar-refractivity contribution in [2.45, 2.75) is 6.54 Å². The quantitative estimate of drug-likeness (QED) is 0.586. The normalized spacial score (nSPS) is 12.3. The van der Waals surface area contributed by atoms with Crippen molar-refractivity contribution < 1.29 is 0 Å². The van der Waals surface area contributed by atoms with E-state index in [1.807, 2.05) is 12.3 Å². The summed E-state index contributed by atoms with van der Waals surface area (Å²) in [5.41, 5.74) is 12.8. The number of aliphatic imine (C=N–C) groups is 1. The van der Waals surface area contributed by atoms with Gasteiger partial charge >= 0.3 is 0 Å². The summed E-state index contributed by atoms with van der Waals surface area (Å²) in [5.74, 6) is 0.878. The molecule has 0 radical (unpaired) electrons. The predicted molar refractivity (Wildman–Crippen MR) is 106 cm³/mol. The highest BCUT2D eigenvalue weighted by molar-refractivity contribution is 5.93. The van der Waals surface area contributed by atoms with E-state index in [1.165, 1.54) is 5.56 Å². The first kappa shape index (κ1) is 15.4. The molecule has 0 unspecified atom stereocenters. The lowest BCUT2D eigenvalue weighted by Gasteiger charge is -2.13. The molecule has 7 nitrogen and oxygen atoms in total. The molecule has 130 valence electrons. The number of nitrogens with one attached hydrogen (secondary N) is 1. The Labute approximate surface area is 155 Å².